The van der Waals surface area contributed by atoms with E-state index in [4.69, 9.17) is 18.9 Å². The highest BCUT2D eigenvalue weighted by atomic mass is 127. The highest BCUT2D eigenvalue weighted by molar-refractivity contribution is 14.1. The molecule has 0 saturated heterocycles. The molecule has 141 heavy (non-hydrogen) atoms. The van der Waals surface area contributed by atoms with Crippen molar-refractivity contribution < 1.29 is 179 Å². The molecule has 0 aliphatic heterocycles. The number of ether oxygens (including phenoxy) is 4. The number of hydrogen-bond donors (Lipinski definition) is 22. The molecule has 4 aromatic rings. The first kappa shape index (κ1) is 132. The molecule has 0 spiro atoms. The molecule has 0 fully saturated rings. The van der Waals surface area contributed by atoms with Gasteiger partial charge in [-0.1, -0.05) is 0 Å². The van der Waals surface area contributed by atoms with E-state index >= 15 is 0 Å². The van der Waals surface area contributed by atoms with Crippen LogP contribution in [0.3, 0.4) is 0 Å². The summed E-state index contributed by atoms with van der Waals surface area (Å²) in [7, 11) is 0. The first-order valence-corrected chi connectivity index (χ1v) is 55.1. The second-order valence-corrected chi connectivity index (χ2v) is 43.9. The van der Waals surface area contributed by atoms with Crippen LogP contribution in [0.5, 0.6) is 0 Å². The van der Waals surface area contributed by atoms with E-state index in [1.807, 2.05) is 0 Å². The van der Waals surface area contributed by atoms with Gasteiger partial charge in [-0.15, -0.1) is 0 Å². The zero-order valence-electron chi connectivity index (χ0n) is 75.5. The third-order valence-electron chi connectivity index (χ3n) is 20.0. The van der Waals surface area contributed by atoms with E-state index in [1.54, 1.807) is 271 Å². The van der Waals surface area contributed by atoms with Crippen molar-refractivity contribution in [2.45, 2.75) is 103 Å². The molecule has 60 heteroatoms. The number of hydrogen-bond acceptors (Lipinski definition) is 36. The molecule has 0 aliphatic carbocycles. The summed E-state index contributed by atoms with van der Waals surface area (Å²) in [5.74, 6) is -12.2. The lowest BCUT2D eigenvalue weighted by Gasteiger charge is -2.35. The van der Waals surface area contributed by atoms with Crippen LogP contribution in [0.25, 0.3) is 0 Å². The molecule has 0 radical (unpaired) electrons. The second-order valence-electron chi connectivity index (χ2n) is 31.0. The molecule has 792 valence electrons. The number of anilines is 4. The van der Waals surface area contributed by atoms with Gasteiger partial charge < -0.3 is 121 Å². The molecule has 22 N–H and O–H groups in total. The van der Waals surface area contributed by atoms with Gasteiger partial charge in [0.25, 0.3) is 47.3 Å². The fraction of sp³-hybridized carbons (Fsp3) is 0.556. The van der Waals surface area contributed by atoms with E-state index in [0.717, 1.165) is 47.3 Å². The number of rotatable bonds is 60. The molecule has 0 bridgehead atoms. The Morgan fingerprint density at radius 2 is 0.433 bits per heavy atom. The summed E-state index contributed by atoms with van der Waals surface area (Å²) in [6.07, 6.45) is -11.3. The molecule has 0 aromatic heterocycles. The van der Waals surface area contributed by atoms with Crippen LogP contribution in [0.2, 0.25) is 0 Å². The van der Waals surface area contributed by atoms with E-state index in [0.29, 0.717) is 0 Å². The Morgan fingerprint density at radius 3 is 0.589 bits per heavy atom. The SMILES string of the molecule is CC(=O)N(CC(O)COCC(COCC(O)CN(C(C)=O)c1c(I)c(C(=O)N(O)CCCO)c(I)c(C(=O)N(O)CCCO)c1I)(COCC(O)CN(C(C)=O)c1c(I)c(C(=O)N(O)CCCO)c(I)c(C(=O)N(O)CCCO)c1I)COCC(O)CN(C(C)=O)c1c(I)c(C(=O)N(O)CCCO)c(I)c(C(=O)N(O)CCCO)c1I)c1c(I)c(C(=O)NCC(O)CO)c(I)c(C(=O)NCC(O)CO)c1I. The minimum atomic E-state index is -2.03. The number of carbonyl (C=O) groups excluding carboxylic acids is 12. The first-order valence-electron chi connectivity index (χ1n) is 42.1. The van der Waals surface area contributed by atoms with E-state index in [-0.39, 0.29) is 146 Å². The monoisotopic (exact) mass is 3350 g/mol. The number of amides is 12. The highest BCUT2D eigenvalue weighted by Crippen LogP contribution is 2.45. The van der Waals surface area contributed by atoms with Crippen molar-refractivity contribution in [1.29, 1.82) is 0 Å². The molecule has 12 amide bonds. The first-order chi connectivity index (χ1) is 66.3. The summed E-state index contributed by atoms with van der Waals surface area (Å²) in [5.41, 5.74) is -5.77. The van der Waals surface area contributed by atoms with Gasteiger partial charge in [-0.3, -0.25) is 88.8 Å². The largest absolute Gasteiger partial charge is 0.396 e. The number of benzene rings is 4. The van der Waals surface area contributed by atoms with Crippen molar-refractivity contribution >= 4 is 365 Å². The maximum Gasteiger partial charge on any atom is 0.279 e. The summed E-state index contributed by atoms with van der Waals surface area (Å²) in [6, 6.07) is 0. The molecular weight excluding hydrogens is 3240 g/mol. The summed E-state index contributed by atoms with van der Waals surface area (Å²) in [6.45, 7) is -13.9. The van der Waals surface area contributed by atoms with Crippen molar-refractivity contribution in [3.05, 3.63) is 87.3 Å². The number of nitrogens with one attached hydrogen (secondary N) is 2. The number of carbonyl (C=O) groups is 12. The highest BCUT2D eigenvalue weighted by Gasteiger charge is 2.43. The van der Waals surface area contributed by atoms with Gasteiger partial charge in [0.2, 0.25) is 23.6 Å². The predicted octanol–water partition coefficient (Wildman–Crippen LogP) is 2.40. The fourth-order valence-electron chi connectivity index (χ4n) is 13.0. The van der Waals surface area contributed by atoms with Crippen LogP contribution >= 0.6 is 271 Å². The lowest BCUT2D eigenvalue weighted by molar-refractivity contribution is -0.131. The standard InChI is InChI=1S/C81H108I12N12O36/c1-39(114)96(69-61(86)49(73(124)94-23-43(118)29-112)57(82)50(62(69)87)74(125)95-24-44(119)30-113)25-45(120)31-138-35-81(36-139-32-46(121)26-97(40(2)115)70-63(88)51(75(126)100(132)11-5-17-106)58(83)52(64(70)89)76(127)101(133)12-6-18-107,37-140-33-47(122)27-98(41(3)116)71-65(90)53(77(128)102(134)13-7-19-108)59(84)54(66(71)91)78(129)103(135)14-8-20-109)38-141-34-48(123)28-99(42(4)117)72-67(92)55(79(130)104(136)15-9-21-110)60(85)56(68(72)93)80(131)105(137)16-10-22-111/h43-48,106-113,118-123,132-137H,5-38H2,1-4H3,(H,94,124)(H,95,125). The van der Waals surface area contributed by atoms with Crippen molar-refractivity contribution in [2.24, 2.45) is 5.41 Å². The zero-order chi connectivity index (χ0) is 107. The summed E-state index contributed by atoms with van der Waals surface area (Å²) < 4.78 is 24.5. The Kier molecular flexibility index (Phi) is 60.7. The Bertz CT molecular complexity index is 4460. The summed E-state index contributed by atoms with van der Waals surface area (Å²) in [4.78, 5) is 175. The van der Waals surface area contributed by atoms with Crippen molar-refractivity contribution in [2.75, 3.05) is 204 Å². The van der Waals surface area contributed by atoms with Crippen molar-refractivity contribution in [3.8, 4) is 0 Å². The smallest absolute Gasteiger partial charge is 0.279 e. The second kappa shape index (κ2) is 65.0. The lowest BCUT2D eigenvalue weighted by Crippen LogP contribution is -2.46. The molecule has 0 heterocycles. The van der Waals surface area contributed by atoms with Gasteiger partial charge >= 0.3 is 0 Å². The Labute approximate surface area is 971 Å². The number of hydroxylamine groups is 12. The Balaban J connectivity index is 2.15. The van der Waals surface area contributed by atoms with Gasteiger partial charge in [0, 0.05) is 94.7 Å². The average Bonchev–Trinajstić information content (AvgIpc) is 0.761. The number of aliphatic hydroxyl groups is 14. The van der Waals surface area contributed by atoms with E-state index < -0.39 is 331 Å². The minimum absolute atomic E-state index is 0.0212. The minimum Gasteiger partial charge on any atom is -0.396 e. The number of halogens is 12. The van der Waals surface area contributed by atoms with Crippen LogP contribution in [-0.2, 0) is 38.1 Å². The van der Waals surface area contributed by atoms with Crippen molar-refractivity contribution in [1.82, 2.24) is 41.0 Å². The number of aliphatic hydroxyl groups excluding tert-OH is 14. The van der Waals surface area contributed by atoms with E-state index in [9.17, 15) is 160 Å². The maximum atomic E-state index is 14.3. The fourth-order valence-corrected chi connectivity index (χ4v) is 31.7. The zero-order valence-corrected chi connectivity index (χ0v) is 101. The topological polar surface area (TPSA) is 703 Å². The molecule has 0 aliphatic rings. The molecule has 4 aromatic carbocycles. The Morgan fingerprint density at radius 1 is 0.270 bits per heavy atom. The van der Waals surface area contributed by atoms with Gasteiger partial charge in [-0.25, -0.2) is 30.4 Å². The van der Waals surface area contributed by atoms with E-state index in [1.165, 1.54) is 0 Å². The number of nitrogens with zero attached hydrogens (tertiary/aromatic N) is 10. The molecule has 4 rings (SSSR count). The van der Waals surface area contributed by atoms with Crippen LogP contribution < -0.4 is 30.2 Å². The van der Waals surface area contributed by atoms with Crippen LogP contribution in [-0.4, -0.2) is 425 Å². The van der Waals surface area contributed by atoms with Crippen LogP contribution in [0.4, 0.5) is 22.7 Å². The van der Waals surface area contributed by atoms with Gasteiger partial charge in [-0.05, 0) is 310 Å². The van der Waals surface area contributed by atoms with Crippen LogP contribution in [0, 0.1) is 48.3 Å². The molecule has 48 nitrogen and oxygen atoms in total. The molecule has 6 atom stereocenters. The Hall–Kier alpha value is -1.68. The molecular formula is C81H108I12N12O36. The van der Waals surface area contributed by atoms with Gasteiger partial charge in [0.15, 0.2) is 0 Å². The average molecular weight is 3350 g/mol. The lowest BCUT2D eigenvalue weighted by atomic mass is 9.92. The van der Waals surface area contributed by atoms with Gasteiger partial charge in [0.05, 0.1) is 269 Å². The molecule has 6 unspecified atom stereocenters. The summed E-state index contributed by atoms with van der Waals surface area (Å²) in [5, 5.41) is 220. The molecule has 0 saturated carbocycles. The predicted molar refractivity (Wildman–Crippen MR) is 598 cm³/mol. The van der Waals surface area contributed by atoms with Gasteiger partial charge in [0.1, 0.15) is 0 Å². The van der Waals surface area contributed by atoms with Gasteiger partial charge in [-0.2, -0.15) is 0 Å². The van der Waals surface area contributed by atoms with Crippen LogP contribution in [0.1, 0.15) is 149 Å². The van der Waals surface area contributed by atoms with Crippen molar-refractivity contribution in [3.63, 3.8) is 0 Å². The third-order valence-corrected chi connectivity index (χ3v) is 32.7. The quantitative estimate of drug-likeness (QED) is 0.0171. The third kappa shape index (κ3) is 36.8. The summed E-state index contributed by atoms with van der Waals surface area (Å²) >= 11 is 20.1. The van der Waals surface area contributed by atoms with E-state index in [2.05, 4.69) is 10.6 Å². The normalized spacial score (nSPS) is 13.1. The maximum absolute atomic E-state index is 14.3. The van der Waals surface area contributed by atoms with Crippen LogP contribution in [0.15, 0.2) is 0 Å².